The van der Waals surface area contributed by atoms with Crippen LogP contribution >= 0.6 is 92.8 Å². The lowest BCUT2D eigenvalue weighted by molar-refractivity contribution is 0.410. The van der Waals surface area contributed by atoms with Crippen LogP contribution in [0.15, 0.2) is 20.1 Å². The molecule has 1 saturated carbocycles. The fraction of sp³-hybridized carbons (Fsp3) is 0.600. The molecule has 0 spiro atoms. The lowest BCUT2D eigenvalue weighted by atomic mass is 9.84. The summed E-state index contributed by atoms with van der Waals surface area (Å²) in [5.74, 6) is -0.683. The first-order chi connectivity index (χ1) is 8.11. The molecule has 2 bridgehead atoms. The maximum absolute atomic E-state index is 6.59. The highest BCUT2D eigenvalue weighted by molar-refractivity contribution is 6.66. The molecule has 4 unspecified atom stereocenters. The van der Waals surface area contributed by atoms with E-state index >= 15 is 0 Å². The van der Waals surface area contributed by atoms with Crippen molar-refractivity contribution in [1.82, 2.24) is 0 Å². The van der Waals surface area contributed by atoms with E-state index in [2.05, 4.69) is 0 Å². The van der Waals surface area contributed by atoms with Gasteiger partial charge in [0, 0.05) is 21.9 Å². The molecule has 3 aliphatic rings. The van der Waals surface area contributed by atoms with Crippen molar-refractivity contribution in [1.29, 1.82) is 0 Å². The van der Waals surface area contributed by atoms with Gasteiger partial charge in [0.2, 0.25) is 0 Å². The van der Waals surface area contributed by atoms with E-state index in [0.717, 1.165) is 0 Å². The van der Waals surface area contributed by atoms with Crippen LogP contribution in [-0.2, 0) is 0 Å². The van der Waals surface area contributed by atoms with E-state index in [1.54, 1.807) is 0 Å². The van der Waals surface area contributed by atoms with E-state index < -0.39 is 20.0 Å². The van der Waals surface area contributed by atoms with Gasteiger partial charge in [-0.25, -0.2) is 0 Å². The van der Waals surface area contributed by atoms with Gasteiger partial charge in [0.25, 0.3) is 0 Å². The molecule has 0 N–H and O–H groups in total. The number of halogens is 8. The minimum Gasteiger partial charge on any atom is -0.109 e. The zero-order valence-electron chi connectivity index (χ0n) is 8.39. The van der Waals surface area contributed by atoms with E-state index in [9.17, 15) is 0 Å². The number of rotatable bonds is 0. The lowest BCUT2D eigenvalue weighted by Gasteiger charge is -2.33. The number of fused-ring (bicyclic) bond motifs is 5. The van der Waals surface area contributed by atoms with Crippen molar-refractivity contribution in [2.24, 2.45) is 11.8 Å². The van der Waals surface area contributed by atoms with Gasteiger partial charge in [0.15, 0.2) is 4.33 Å². The molecule has 1 fully saturated rings. The molecule has 4 atom stereocenters. The zero-order valence-corrected chi connectivity index (χ0v) is 14.4. The first-order valence-electron chi connectivity index (χ1n) is 4.97. The van der Waals surface area contributed by atoms with Gasteiger partial charge in [0.05, 0.1) is 10.1 Å². The fourth-order valence-corrected chi connectivity index (χ4v) is 6.92. The van der Waals surface area contributed by atoms with E-state index in [1.165, 1.54) is 0 Å². The second kappa shape index (κ2) is 3.96. The van der Waals surface area contributed by atoms with Crippen LogP contribution in [0.2, 0.25) is 0 Å². The third-order valence-corrected chi connectivity index (χ3v) is 9.24. The normalized spacial score (nSPS) is 49.3. The SMILES string of the molecule is ClC1=C(Cl)C2C(C1)C1(Cl)C(Cl)=C(Cl)C2(Cl)C1(Cl)Cl. The molecule has 0 aromatic carbocycles. The molecule has 0 radical (unpaired) electrons. The van der Waals surface area contributed by atoms with Gasteiger partial charge < -0.3 is 0 Å². The summed E-state index contributed by atoms with van der Waals surface area (Å²) in [6.45, 7) is 0. The number of hydrogen-bond acceptors (Lipinski definition) is 0. The minimum atomic E-state index is -1.54. The summed E-state index contributed by atoms with van der Waals surface area (Å²) in [6.07, 6.45) is 0.435. The van der Waals surface area contributed by atoms with Crippen LogP contribution in [0.5, 0.6) is 0 Å². The van der Waals surface area contributed by atoms with Crippen LogP contribution in [0, 0.1) is 11.8 Å². The Morgan fingerprint density at radius 1 is 0.833 bits per heavy atom. The fourth-order valence-electron chi connectivity index (χ4n) is 3.16. The van der Waals surface area contributed by atoms with Crippen LogP contribution in [0.1, 0.15) is 6.42 Å². The third-order valence-electron chi connectivity index (χ3n) is 4.02. The molecule has 0 saturated heterocycles. The van der Waals surface area contributed by atoms with Crippen molar-refractivity contribution in [3.05, 3.63) is 20.1 Å². The van der Waals surface area contributed by atoms with Crippen LogP contribution in [0.25, 0.3) is 0 Å². The summed E-state index contributed by atoms with van der Waals surface area (Å²) >= 11 is 50.6. The molecular formula is C10H4Cl8. The number of hydrogen-bond donors (Lipinski definition) is 0. The van der Waals surface area contributed by atoms with E-state index in [1.807, 2.05) is 0 Å². The third kappa shape index (κ3) is 1.23. The van der Waals surface area contributed by atoms with Gasteiger partial charge in [-0.2, -0.15) is 0 Å². The van der Waals surface area contributed by atoms with Gasteiger partial charge in [-0.05, 0) is 6.42 Å². The predicted octanol–water partition coefficient (Wildman–Crippen LogP) is 6.16. The van der Waals surface area contributed by atoms with Crippen LogP contribution in [-0.4, -0.2) is 14.1 Å². The molecule has 18 heavy (non-hydrogen) atoms. The lowest BCUT2D eigenvalue weighted by Crippen LogP contribution is -2.45. The molecule has 0 aromatic rings. The average molecular weight is 408 g/mol. The standard InChI is InChI=1S/C10H4Cl8/c11-3-1-2-4(5(3)12)9(16)7(14)6(13)8(2,15)10(9,17)18/h2,4H,1H2. The Kier molecular flexibility index (Phi) is 3.24. The topological polar surface area (TPSA) is 0 Å². The van der Waals surface area contributed by atoms with Crippen LogP contribution in [0.4, 0.5) is 0 Å². The van der Waals surface area contributed by atoms with E-state index in [-0.39, 0.29) is 16.0 Å². The molecule has 0 heterocycles. The van der Waals surface area contributed by atoms with Crippen molar-refractivity contribution in [3.63, 3.8) is 0 Å². The van der Waals surface area contributed by atoms with Crippen molar-refractivity contribution in [2.45, 2.75) is 20.5 Å². The molecule has 3 aliphatic carbocycles. The summed E-state index contributed by atoms with van der Waals surface area (Å²) < 4.78 is -1.54. The second-order valence-corrected chi connectivity index (χ2v) is 8.81. The van der Waals surface area contributed by atoms with Crippen molar-refractivity contribution < 1.29 is 0 Å². The molecular weight excluding hydrogens is 404 g/mol. The molecule has 0 amide bonds. The Balaban J connectivity index is 2.32. The van der Waals surface area contributed by atoms with Crippen molar-refractivity contribution in [3.8, 4) is 0 Å². The Labute approximate surface area is 144 Å². The molecule has 3 rings (SSSR count). The molecule has 8 heteroatoms. The monoisotopic (exact) mass is 404 g/mol. The largest absolute Gasteiger partial charge is 0.167 e. The predicted molar refractivity (Wildman–Crippen MR) is 80.7 cm³/mol. The van der Waals surface area contributed by atoms with Gasteiger partial charge >= 0.3 is 0 Å². The summed E-state index contributed by atoms with van der Waals surface area (Å²) in [7, 11) is 0. The highest BCUT2D eigenvalue weighted by atomic mass is 35.5. The van der Waals surface area contributed by atoms with E-state index in [0.29, 0.717) is 16.5 Å². The van der Waals surface area contributed by atoms with Gasteiger partial charge in [-0.3, -0.25) is 0 Å². The number of allylic oxidation sites excluding steroid dienone is 4. The highest BCUT2D eigenvalue weighted by Crippen LogP contribution is 2.79. The molecule has 0 aromatic heterocycles. The Bertz CT molecular complexity index is 520. The van der Waals surface area contributed by atoms with Crippen molar-refractivity contribution in [2.75, 3.05) is 0 Å². The first kappa shape index (κ1) is 14.7. The quantitative estimate of drug-likeness (QED) is 0.422. The van der Waals surface area contributed by atoms with Gasteiger partial charge in [0.1, 0.15) is 9.75 Å². The first-order valence-corrected chi connectivity index (χ1v) is 8.00. The maximum Gasteiger partial charge on any atom is 0.167 e. The van der Waals surface area contributed by atoms with E-state index in [4.69, 9.17) is 92.8 Å². The molecule has 0 aliphatic heterocycles. The highest BCUT2D eigenvalue weighted by Gasteiger charge is 2.83. The van der Waals surface area contributed by atoms with Crippen LogP contribution < -0.4 is 0 Å². The summed E-state index contributed by atoms with van der Waals surface area (Å²) in [6, 6.07) is 0. The van der Waals surface area contributed by atoms with Crippen molar-refractivity contribution >= 4 is 92.8 Å². The summed E-state index contributed by atoms with van der Waals surface area (Å²) in [5, 5.41) is 1.24. The van der Waals surface area contributed by atoms with Gasteiger partial charge in [-0.1, -0.05) is 69.6 Å². The Hall–Kier alpha value is 1.80. The zero-order chi connectivity index (χ0) is 13.7. The molecule has 0 nitrogen and oxygen atoms in total. The minimum absolute atomic E-state index is 0.150. The van der Waals surface area contributed by atoms with Crippen LogP contribution in [0.3, 0.4) is 0 Å². The van der Waals surface area contributed by atoms with Gasteiger partial charge in [-0.15, -0.1) is 23.2 Å². The Morgan fingerprint density at radius 3 is 1.89 bits per heavy atom. The smallest absolute Gasteiger partial charge is 0.109 e. The summed E-state index contributed by atoms with van der Waals surface area (Å²) in [4.78, 5) is -2.60. The maximum atomic E-state index is 6.59. The second-order valence-electron chi connectivity index (χ2n) is 4.67. The summed E-state index contributed by atoms with van der Waals surface area (Å²) in [5.41, 5.74) is 0. The molecule has 100 valence electrons. The Morgan fingerprint density at radius 2 is 1.33 bits per heavy atom. The average Bonchev–Trinajstić information content (AvgIpc) is 2.69. The number of alkyl halides is 4.